The molecule has 0 bridgehead atoms. The van der Waals surface area contributed by atoms with E-state index >= 15 is 0 Å². The van der Waals surface area contributed by atoms with Gasteiger partial charge >= 0.3 is 0 Å². The molecule has 7 heteroatoms. The normalized spacial score (nSPS) is 11.4. The third kappa shape index (κ3) is 2.45. The minimum Gasteiger partial charge on any atom is -0.508 e. The van der Waals surface area contributed by atoms with Gasteiger partial charge in [0.1, 0.15) is 10.6 Å². The number of anilines is 1. The van der Waals surface area contributed by atoms with E-state index in [1.165, 1.54) is 35.1 Å². The maximum atomic E-state index is 12.1. The number of aromatic hydroxyl groups is 1. The van der Waals surface area contributed by atoms with Crippen molar-refractivity contribution in [3.63, 3.8) is 0 Å². The van der Waals surface area contributed by atoms with Crippen molar-refractivity contribution < 1.29 is 13.5 Å². The molecule has 0 unspecified atom stereocenters. The van der Waals surface area contributed by atoms with E-state index in [0.29, 0.717) is 11.4 Å². The predicted octanol–water partition coefficient (Wildman–Crippen LogP) is 1.23. The summed E-state index contributed by atoms with van der Waals surface area (Å²) in [6, 6.07) is 5.79. The third-order valence-corrected chi connectivity index (χ3v) is 3.86. The second kappa shape index (κ2) is 4.34. The van der Waals surface area contributed by atoms with Crippen LogP contribution in [0.5, 0.6) is 5.75 Å². The van der Waals surface area contributed by atoms with Crippen LogP contribution in [0.25, 0.3) is 0 Å². The van der Waals surface area contributed by atoms with Gasteiger partial charge in [-0.25, -0.2) is 8.42 Å². The van der Waals surface area contributed by atoms with Crippen molar-refractivity contribution in [2.45, 2.75) is 11.8 Å². The second-order valence-corrected chi connectivity index (χ2v) is 5.56. The van der Waals surface area contributed by atoms with Gasteiger partial charge in [-0.05, 0) is 31.2 Å². The fraction of sp³-hybridized carbons (Fsp3) is 0.182. The quantitative estimate of drug-likeness (QED) is 0.819. The zero-order valence-electron chi connectivity index (χ0n) is 9.95. The summed E-state index contributed by atoms with van der Waals surface area (Å²) in [7, 11) is -1.99. The Hall–Kier alpha value is -2.02. The molecule has 0 saturated carbocycles. The van der Waals surface area contributed by atoms with Gasteiger partial charge in [0.05, 0.1) is 5.69 Å². The van der Waals surface area contributed by atoms with Gasteiger partial charge < -0.3 is 5.11 Å². The van der Waals surface area contributed by atoms with Gasteiger partial charge in [-0.15, -0.1) is 0 Å². The molecule has 0 aliphatic carbocycles. The third-order valence-electron chi connectivity index (χ3n) is 2.38. The highest BCUT2D eigenvalue weighted by molar-refractivity contribution is 7.92. The van der Waals surface area contributed by atoms with Crippen molar-refractivity contribution in [2.75, 3.05) is 4.72 Å². The maximum absolute atomic E-state index is 12.1. The number of aryl methyl sites for hydroxylation is 2. The number of phenolic OH excluding ortho intramolecular Hbond substituents is 1. The second-order valence-electron chi connectivity index (χ2n) is 3.90. The molecule has 1 aromatic carbocycles. The molecule has 2 aromatic rings. The van der Waals surface area contributed by atoms with E-state index in [0.717, 1.165) is 0 Å². The van der Waals surface area contributed by atoms with Crippen molar-refractivity contribution in [2.24, 2.45) is 7.05 Å². The first-order valence-electron chi connectivity index (χ1n) is 5.20. The van der Waals surface area contributed by atoms with Crippen molar-refractivity contribution in [1.82, 2.24) is 9.78 Å². The number of nitrogens with one attached hydrogen (secondary N) is 1. The Morgan fingerprint density at radius 3 is 2.39 bits per heavy atom. The lowest BCUT2D eigenvalue weighted by molar-refractivity contribution is 0.475. The Labute approximate surface area is 105 Å². The molecule has 96 valence electrons. The summed E-state index contributed by atoms with van der Waals surface area (Å²) in [6.07, 6.45) is 1.44. The molecular weight excluding hydrogens is 254 g/mol. The molecule has 1 heterocycles. The Morgan fingerprint density at radius 1 is 1.28 bits per heavy atom. The SMILES string of the molecule is Cc1nn(C)cc1S(=O)(=O)Nc1ccc(O)cc1. The van der Waals surface area contributed by atoms with Crippen LogP contribution in [0.1, 0.15) is 5.69 Å². The van der Waals surface area contributed by atoms with Gasteiger partial charge in [-0.2, -0.15) is 5.10 Å². The number of hydrogen-bond donors (Lipinski definition) is 2. The van der Waals surface area contributed by atoms with Crippen LogP contribution < -0.4 is 4.72 Å². The van der Waals surface area contributed by atoms with Crippen LogP contribution in [-0.2, 0) is 17.1 Å². The van der Waals surface area contributed by atoms with Gasteiger partial charge in [0.25, 0.3) is 10.0 Å². The van der Waals surface area contributed by atoms with Crippen molar-refractivity contribution in [3.8, 4) is 5.75 Å². The Balaban J connectivity index is 2.33. The monoisotopic (exact) mass is 267 g/mol. The first kappa shape index (κ1) is 12.4. The van der Waals surface area contributed by atoms with Crippen LogP contribution in [0.3, 0.4) is 0 Å². The highest BCUT2D eigenvalue weighted by Crippen LogP contribution is 2.19. The van der Waals surface area contributed by atoms with Gasteiger partial charge in [-0.3, -0.25) is 9.40 Å². The summed E-state index contributed by atoms with van der Waals surface area (Å²) < 4.78 is 28.1. The maximum Gasteiger partial charge on any atom is 0.265 e. The van der Waals surface area contributed by atoms with Crippen LogP contribution in [0.2, 0.25) is 0 Å². The van der Waals surface area contributed by atoms with Crippen LogP contribution in [0.4, 0.5) is 5.69 Å². The zero-order valence-corrected chi connectivity index (χ0v) is 10.8. The number of rotatable bonds is 3. The molecule has 0 atom stereocenters. The van der Waals surface area contributed by atoms with E-state index in [-0.39, 0.29) is 10.6 Å². The fourth-order valence-electron chi connectivity index (χ4n) is 1.58. The lowest BCUT2D eigenvalue weighted by Gasteiger charge is -2.06. The molecule has 2 N–H and O–H groups in total. The van der Waals surface area contributed by atoms with E-state index in [9.17, 15) is 8.42 Å². The standard InChI is InChI=1S/C11H13N3O3S/c1-8-11(7-14(2)12-8)18(16,17)13-9-3-5-10(15)6-4-9/h3-7,13,15H,1-2H3. The molecule has 0 spiro atoms. The molecule has 0 aliphatic heterocycles. The van der Waals surface area contributed by atoms with Gasteiger partial charge in [-0.1, -0.05) is 0 Å². The number of aromatic nitrogens is 2. The Bertz CT molecular complexity index is 659. The number of sulfonamides is 1. The number of phenols is 1. The fourth-order valence-corrected chi connectivity index (χ4v) is 2.86. The van der Waals surface area contributed by atoms with Crippen molar-refractivity contribution in [3.05, 3.63) is 36.2 Å². The first-order valence-corrected chi connectivity index (χ1v) is 6.69. The molecule has 0 amide bonds. The molecule has 6 nitrogen and oxygen atoms in total. The van der Waals surface area contributed by atoms with Gasteiger partial charge in [0.2, 0.25) is 0 Å². The highest BCUT2D eigenvalue weighted by atomic mass is 32.2. The zero-order chi connectivity index (χ0) is 13.3. The molecule has 1 aromatic heterocycles. The van der Waals surface area contributed by atoms with E-state index in [1.54, 1.807) is 14.0 Å². The molecule has 2 rings (SSSR count). The molecule has 0 radical (unpaired) electrons. The van der Waals surface area contributed by atoms with Crippen LogP contribution in [-0.4, -0.2) is 23.3 Å². The molecule has 0 saturated heterocycles. The summed E-state index contributed by atoms with van der Waals surface area (Å²) >= 11 is 0. The molecular formula is C11H13N3O3S. The number of hydrogen-bond acceptors (Lipinski definition) is 4. The topological polar surface area (TPSA) is 84.2 Å². The number of benzene rings is 1. The summed E-state index contributed by atoms with van der Waals surface area (Å²) in [5.41, 5.74) is 0.819. The lowest BCUT2D eigenvalue weighted by Crippen LogP contribution is -2.13. The van der Waals surface area contributed by atoms with Crippen molar-refractivity contribution >= 4 is 15.7 Å². The van der Waals surface area contributed by atoms with E-state index in [4.69, 9.17) is 5.11 Å². The van der Waals surface area contributed by atoms with Crippen molar-refractivity contribution in [1.29, 1.82) is 0 Å². The smallest absolute Gasteiger partial charge is 0.265 e. The average molecular weight is 267 g/mol. The van der Waals surface area contributed by atoms with Gasteiger partial charge in [0, 0.05) is 18.9 Å². The Morgan fingerprint density at radius 2 is 1.89 bits per heavy atom. The largest absolute Gasteiger partial charge is 0.508 e. The predicted molar refractivity (Wildman–Crippen MR) is 66.9 cm³/mol. The van der Waals surface area contributed by atoms with Gasteiger partial charge in [0.15, 0.2) is 0 Å². The van der Waals surface area contributed by atoms with Crippen LogP contribution >= 0.6 is 0 Å². The minimum absolute atomic E-state index is 0.0792. The highest BCUT2D eigenvalue weighted by Gasteiger charge is 2.19. The van der Waals surface area contributed by atoms with Crippen LogP contribution in [0.15, 0.2) is 35.4 Å². The molecule has 0 aliphatic rings. The minimum atomic E-state index is -3.65. The number of nitrogens with zero attached hydrogens (tertiary/aromatic N) is 2. The lowest BCUT2D eigenvalue weighted by atomic mass is 10.3. The Kier molecular flexibility index (Phi) is 3.00. The summed E-state index contributed by atoms with van der Waals surface area (Å²) in [6.45, 7) is 1.63. The van der Waals surface area contributed by atoms with E-state index < -0.39 is 10.0 Å². The van der Waals surface area contributed by atoms with E-state index in [1.807, 2.05) is 0 Å². The first-order chi connectivity index (χ1) is 8.38. The summed E-state index contributed by atoms with van der Waals surface area (Å²) in [5, 5.41) is 13.1. The molecule has 0 fully saturated rings. The average Bonchev–Trinajstić information content (AvgIpc) is 2.62. The summed E-state index contributed by atoms with van der Waals surface area (Å²) in [5.74, 6) is 0.0792. The van der Waals surface area contributed by atoms with Crippen LogP contribution in [0, 0.1) is 6.92 Å². The summed E-state index contributed by atoms with van der Waals surface area (Å²) in [4.78, 5) is 0.137. The molecule has 18 heavy (non-hydrogen) atoms. The van der Waals surface area contributed by atoms with E-state index in [2.05, 4.69) is 9.82 Å².